The summed E-state index contributed by atoms with van der Waals surface area (Å²) in [6.07, 6.45) is 7.13. The van der Waals surface area contributed by atoms with Crippen LogP contribution < -0.4 is 4.74 Å². The molecule has 0 unspecified atom stereocenters. The largest absolute Gasteiger partial charge is 0.489 e. The Bertz CT molecular complexity index is 1220. The van der Waals surface area contributed by atoms with E-state index in [1.807, 2.05) is 38.4 Å². The fourth-order valence-electron chi connectivity index (χ4n) is 4.67. The lowest BCUT2D eigenvalue weighted by atomic mass is 9.87. The van der Waals surface area contributed by atoms with Crippen molar-refractivity contribution in [3.05, 3.63) is 47.3 Å². The molecule has 1 aliphatic carbocycles. The van der Waals surface area contributed by atoms with Gasteiger partial charge in [-0.3, -0.25) is 9.48 Å². The molecule has 9 nitrogen and oxygen atoms in total. The summed E-state index contributed by atoms with van der Waals surface area (Å²) in [5.41, 5.74) is 4.32. The number of hydrogen-bond acceptors (Lipinski definition) is 7. The van der Waals surface area contributed by atoms with Gasteiger partial charge in [-0.25, -0.2) is 15.0 Å². The number of hydrogen-bond donors (Lipinski definition) is 1. The van der Waals surface area contributed by atoms with Crippen LogP contribution in [0.2, 0.25) is 0 Å². The molecule has 0 saturated heterocycles. The van der Waals surface area contributed by atoms with E-state index in [0.29, 0.717) is 12.2 Å². The maximum absolute atomic E-state index is 11.4. The number of aryl methyl sites for hydroxylation is 3. The van der Waals surface area contributed by atoms with Gasteiger partial charge in [-0.15, -0.1) is 5.10 Å². The number of rotatable bonds is 8. The van der Waals surface area contributed by atoms with Gasteiger partial charge in [-0.1, -0.05) is 26.0 Å². The van der Waals surface area contributed by atoms with Crippen LogP contribution in [0.5, 0.6) is 5.75 Å². The molecule has 3 aromatic heterocycles. The van der Waals surface area contributed by atoms with Gasteiger partial charge in [0.1, 0.15) is 17.3 Å². The Morgan fingerprint density at radius 1 is 1.17 bits per heavy atom. The smallest absolute Gasteiger partial charge is 0.306 e. The molecule has 0 amide bonds. The summed E-state index contributed by atoms with van der Waals surface area (Å²) >= 11 is 0. The number of aliphatic carboxylic acids is 1. The highest BCUT2D eigenvalue weighted by molar-refractivity contribution is 5.70. The lowest BCUT2D eigenvalue weighted by Crippen LogP contribution is -2.29. The molecule has 1 saturated carbocycles. The highest BCUT2D eigenvalue weighted by atomic mass is 16.5. The van der Waals surface area contributed by atoms with Crippen LogP contribution in [-0.2, 0) is 30.1 Å². The molecule has 0 bridgehead atoms. The van der Waals surface area contributed by atoms with E-state index in [2.05, 4.69) is 36.1 Å². The fraction of sp³-hybridized carbons (Fsp3) is 0.556. The Hall–Kier alpha value is -3.36. The van der Waals surface area contributed by atoms with E-state index in [4.69, 9.17) is 14.7 Å². The molecule has 9 heteroatoms. The number of carboxylic acid groups (broad SMARTS) is 1. The zero-order valence-electron chi connectivity index (χ0n) is 21.9. The number of carbonyl (C=O) groups is 1. The SMILES string of the molecule is Cc1nc(-c2nnn(C)c2CCCc2nccc(C(C)(C)C)n2)ccc1O[C@H]1CCC[C@H](C(=O)O)C1. The van der Waals surface area contributed by atoms with Crippen LogP contribution in [0.1, 0.15) is 75.8 Å². The number of pyridine rings is 1. The minimum atomic E-state index is -0.739. The van der Waals surface area contributed by atoms with Crippen LogP contribution in [0.25, 0.3) is 11.4 Å². The fourth-order valence-corrected chi connectivity index (χ4v) is 4.67. The van der Waals surface area contributed by atoms with Gasteiger partial charge in [0.2, 0.25) is 0 Å². The predicted octanol–water partition coefficient (Wildman–Crippen LogP) is 4.47. The second kappa shape index (κ2) is 10.7. The molecule has 36 heavy (non-hydrogen) atoms. The second-order valence-electron chi connectivity index (χ2n) is 10.7. The highest BCUT2D eigenvalue weighted by Crippen LogP contribution is 2.30. The molecular weight excluding hydrogens is 456 g/mol. The number of aromatic nitrogens is 6. The van der Waals surface area contributed by atoms with Gasteiger partial charge in [0, 0.05) is 30.8 Å². The molecule has 2 atom stereocenters. The summed E-state index contributed by atoms with van der Waals surface area (Å²) < 4.78 is 7.96. The van der Waals surface area contributed by atoms with Crippen molar-refractivity contribution in [2.45, 2.75) is 84.2 Å². The Labute approximate surface area is 212 Å². The molecular formula is C27H36N6O3. The number of ether oxygens (including phenoxy) is 1. The third-order valence-corrected chi connectivity index (χ3v) is 6.78. The maximum Gasteiger partial charge on any atom is 0.306 e. The first-order valence-corrected chi connectivity index (χ1v) is 12.7. The minimum Gasteiger partial charge on any atom is -0.489 e. The molecule has 1 N–H and O–H groups in total. The Kier molecular flexibility index (Phi) is 7.66. The molecule has 1 fully saturated rings. The molecule has 4 rings (SSSR count). The zero-order valence-corrected chi connectivity index (χ0v) is 21.9. The lowest BCUT2D eigenvalue weighted by molar-refractivity contribution is -0.143. The normalized spacial score (nSPS) is 18.2. The van der Waals surface area contributed by atoms with Crippen molar-refractivity contribution in [3.63, 3.8) is 0 Å². The van der Waals surface area contributed by atoms with Crippen molar-refractivity contribution in [2.75, 3.05) is 0 Å². The molecule has 0 aromatic carbocycles. The third kappa shape index (κ3) is 6.06. The van der Waals surface area contributed by atoms with Crippen molar-refractivity contribution in [3.8, 4) is 17.1 Å². The van der Waals surface area contributed by atoms with E-state index >= 15 is 0 Å². The Morgan fingerprint density at radius 3 is 2.69 bits per heavy atom. The van der Waals surface area contributed by atoms with Gasteiger partial charge in [0.25, 0.3) is 0 Å². The maximum atomic E-state index is 11.4. The number of carboxylic acids is 1. The van der Waals surface area contributed by atoms with Gasteiger partial charge in [0.15, 0.2) is 0 Å². The molecule has 0 aliphatic heterocycles. The molecule has 3 heterocycles. The van der Waals surface area contributed by atoms with E-state index in [1.165, 1.54) is 0 Å². The summed E-state index contributed by atoms with van der Waals surface area (Å²) in [4.78, 5) is 25.3. The standard InChI is InChI=1S/C27H36N6O3/c1-17-22(36-19-9-6-8-18(16-19)26(34)35)13-12-20(29-17)25-21(33(5)32-31-25)10-7-11-24-28-15-14-23(30-24)27(2,3)4/h12-15,18-19H,6-11,16H2,1-5H3,(H,34,35)/t18-,19-/m0/s1. The van der Waals surface area contributed by atoms with Gasteiger partial charge in [-0.05, 0) is 63.6 Å². The van der Waals surface area contributed by atoms with Crippen molar-refractivity contribution in [1.29, 1.82) is 0 Å². The predicted molar refractivity (Wildman–Crippen MR) is 136 cm³/mol. The summed E-state index contributed by atoms with van der Waals surface area (Å²) in [5, 5.41) is 18.0. The third-order valence-electron chi connectivity index (χ3n) is 6.78. The zero-order chi connectivity index (χ0) is 25.9. The van der Waals surface area contributed by atoms with Gasteiger partial charge >= 0.3 is 5.97 Å². The Balaban J connectivity index is 1.43. The molecule has 0 spiro atoms. The Morgan fingerprint density at radius 2 is 1.97 bits per heavy atom. The van der Waals surface area contributed by atoms with Gasteiger partial charge in [0.05, 0.1) is 29.1 Å². The van der Waals surface area contributed by atoms with E-state index in [1.54, 1.807) is 4.68 Å². The van der Waals surface area contributed by atoms with E-state index < -0.39 is 5.97 Å². The van der Waals surface area contributed by atoms with Crippen molar-refractivity contribution >= 4 is 5.97 Å². The van der Waals surface area contributed by atoms with Gasteiger partial charge < -0.3 is 9.84 Å². The monoisotopic (exact) mass is 492 g/mol. The summed E-state index contributed by atoms with van der Waals surface area (Å²) in [5.74, 6) is 0.468. The molecule has 0 radical (unpaired) electrons. The van der Waals surface area contributed by atoms with E-state index in [9.17, 15) is 9.90 Å². The average molecular weight is 493 g/mol. The van der Waals surface area contributed by atoms with E-state index in [-0.39, 0.29) is 17.4 Å². The summed E-state index contributed by atoms with van der Waals surface area (Å²) in [7, 11) is 1.90. The van der Waals surface area contributed by atoms with Crippen LogP contribution in [0.15, 0.2) is 24.4 Å². The molecule has 1 aliphatic rings. The first kappa shape index (κ1) is 25.7. The number of nitrogens with zero attached hydrogens (tertiary/aromatic N) is 6. The molecule has 192 valence electrons. The first-order valence-electron chi connectivity index (χ1n) is 12.7. The highest BCUT2D eigenvalue weighted by Gasteiger charge is 2.28. The summed E-state index contributed by atoms with van der Waals surface area (Å²) in [6, 6.07) is 5.79. The minimum absolute atomic E-state index is 0.00875. The van der Waals surface area contributed by atoms with Crippen molar-refractivity contribution in [2.24, 2.45) is 13.0 Å². The van der Waals surface area contributed by atoms with Crippen LogP contribution in [0.4, 0.5) is 0 Å². The topological polar surface area (TPSA) is 116 Å². The van der Waals surface area contributed by atoms with Crippen LogP contribution in [0.3, 0.4) is 0 Å². The van der Waals surface area contributed by atoms with Crippen molar-refractivity contribution < 1.29 is 14.6 Å². The van der Waals surface area contributed by atoms with Crippen LogP contribution in [-0.4, -0.2) is 47.1 Å². The first-order chi connectivity index (χ1) is 17.1. The van der Waals surface area contributed by atoms with Crippen LogP contribution >= 0.6 is 0 Å². The van der Waals surface area contributed by atoms with E-state index in [0.717, 1.165) is 72.8 Å². The van der Waals surface area contributed by atoms with Crippen molar-refractivity contribution in [1.82, 2.24) is 29.9 Å². The van der Waals surface area contributed by atoms with Gasteiger partial charge in [-0.2, -0.15) is 0 Å². The quantitative estimate of drug-likeness (QED) is 0.490. The second-order valence-corrected chi connectivity index (χ2v) is 10.7. The van der Waals surface area contributed by atoms with Crippen LogP contribution in [0, 0.1) is 12.8 Å². The summed E-state index contributed by atoms with van der Waals surface area (Å²) in [6.45, 7) is 8.37. The molecule has 3 aromatic rings. The average Bonchev–Trinajstić information content (AvgIpc) is 3.20. The lowest BCUT2D eigenvalue weighted by Gasteiger charge is -2.27.